The smallest absolute Gasteiger partial charge is 0.123 e. The molecule has 0 atom stereocenters. The molecule has 18 heavy (non-hydrogen) atoms. The number of hydrogen-bond donors (Lipinski definition) is 2. The van der Waals surface area contributed by atoms with Gasteiger partial charge in [-0.05, 0) is 22.9 Å². The van der Waals surface area contributed by atoms with Crippen LogP contribution < -0.4 is 5.73 Å². The van der Waals surface area contributed by atoms with Gasteiger partial charge in [0.15, 0.2) is 0 Å². The third kappa shape index (κ3) is 2.17. The first-order valence-electron chi connectivity index (χ1n) is 5.26. The average molecular weight is 254 g/mol. The topological polar surface area (TPSA) is 70.0 Å². The summed E-state index contributed by atoms with van der Waals surface area (Å²) < 4.78 is 0. The van der Waals surface area contributed by atoms with Crippen LogP contribution in [-0.2, 0) is 0 Å². The summed E-state index contributed by atoms with van der Waals surface area (Å²) in [5, 5.41) is 20.7. The second kappa shape index (κ2) is 4.86. The van der Waals surface area contributed by atoms with Crippen LogP contribution in [0.3, 0.4) is 0 Å². The van der Waals surface area contributed by atoms with Crippen molar-refractivity contribution in [2.24, 2.45) is 5.73 Å². The first-order chi connectivity index (χ1) is 8.63. The van der Waals surface area contributed by atoms with Crippen molar-refractivity contribution in [3.05, 3.63) is 47.5 Å². The largest absolute Gasteiger partial charge is 0.507 e. The molecule has 0 bridgehead atoms. The maximum atomic E-state index is 9.90. The van der Waals surface area contributed by atoms with Gasteiger partial charge >= 0.3 is 0 Å². The highest BCUT2D eigenvalue weighted by Crippen LogP contribution is 2.29. The van der Waals surface area contributed by atoms with Gasteiger partial charge in [0.25, 0.3) is 0 Å². The number of rotatable bonds is 2. The molecule has 2 rings (SSSR count). The molecular formula is C14H10N2OS. The standard InChI is InChI=1S/C14H10N2OS/c15-8-10(14(16)18)7-12-11-4-2-1-3-9(11)5-6-13(12)17/h1-7,17H,(H2,16,18)/b10-7-. The Kier molecular flexibility index (Phi) is 3.26. The maximum absolute atomic E-state index is 9.90. The van der Waals surface area contributed by atoms with Gasteiger partial charge in [-0.2, -0.15) is 5.26 Å². The van der Waals surface area contributed by atoms with E-state index in [1.165, 1.54) is 6.08 Å². The molecule has 88 valence electrons. The van der Waals surface area contributed by atoms with E-state index in [-0.39, 0.29) is 16.3 Å². The number of hydrogen-bond acceptors (Lipinski definition) is 3. The Balaban J connectivity index is 2.75. The second-order valence-corrected chi connectivity index (χ2v) is 4.19. The highest BCUT2D eigenvalue weighted by Gasteiger charge is 2.07. The normalized spacial score (nSPS) is 11.2. The van der Waals surface area contributed by atoms with Crippen molar-refractivity contribution in [3.8, 4) is 11.8 Å². The molecule has 0 spiro atoms. The molecular weight excluding hydrogens is 244 g/mol. The van der Waals surface area contributed by atoms with Crippen molar-refractivity contribution in [1.82, 2.24) is 0 Å². The summed E-state index contributed by atoms with van der Waals surface area (Å²) in [5.74, 6) is 0.0951. The number of thiocarbonyl (C=S) groups is 1. The van der Waals surface area contributed by atoms with Gasteiger partial charge in [-0.25, -0.2) is 0 Å². The van der Waals surface area contributed by atoms with Crippen molar-refractivity contribution in [1.29, 1.82) is 5.26 Å². The Bertz CT molecular complexity index is 698. The van der Waals surface area contributed by atoms with Crippen LogP contribution in [0.25, 0.3) is 16.8 Å². The minimum atomic E-state index is 0.0184. The van der Waals surface area contributed by atoms with E-state index >= 15 is 0 Å². The van der Waals surface area contributed by atoms with E-state index in [2.05, 4.69) is 0 Å². The zero-order valence-electron chi connectivity index (χ0n) is 9.42. The molecule has 0 aliphatic heterocycles. The molecule has 2 aromatic rings. The molecule has 0 aliphatic carbocycles. The molecule has 3 N–H and O–H groups in total. The van der Waals surface area contributed by atoms with Crippen LogP contribution >= 0.6 is 12.2 Å². The molecule has 0 radical (unpaired) electrons. The Morgan fingerprint density at radius 3 is 2.67 bits per heavy atom. The van der Waals surface area contributed by atoms with Crippen molar-refractivity contribution in [3.63, 3.8) is 0 Å². The lowest BCUT2D eigenvalue weighted by molar-refractivity contribution is 0.475. The number of phenolic OH excluding ortho intramolecular Hbond substituents is 1. The number of nitrogens with two attached hydrogens (primary N) is 1. The highest BCUT2D eigenvalue weighted by molar-refractivity contribution is 7.80. The fourth-order valence-corrected chi connectivity index (χ4v) is 1.84. The van der Waals surface area contributed by atoms with Gasteiger partial charge in [0.1, 0.15) is 16.8 Å². The summed E-state index contributed by atoms with van der Waals surface area (Å²) in [6.45, 7) is 0. The van der Waals surface area contributed by atoms with Gasteiger partial charge in [-0.1, -0.05) is 42.5 Å². The lowest BCUT2D eigenvalue weighted by Crippen LogP contribution is -2.09. The van der Waals surface area contributed by atoms with Gasteiger partial charge in [-0.3, -0.25) is 0 Å². The molecule has 0 saturated carbocycles. The summed E-state index contributed by atoms with van der Waals surface area (Å²) in [7, 11) is 0. The van der Waals surface area contributed by atoms with E-state index < -0.39 is 0 Å². The van der Waals surface area contributed by atoms with E-state index in [1.807, 2.05) is 36.4 Å². The molecule has 4 heteroatoms. The lowest BCUT2D eigenvalue weighted by Gasteiger charge is -2.05. The second-order valence-electron chi connectivity index (χ2n) is 3.75. The first kappa shape index (κ1) is 12.1. The minimum absolute atomic E-state index is 0.0184. The summed E-state index contributed by atoms with van der Waals surface area (Å²) >= 11 is 4.79. The zero-order valence-corrected chi connectivity index (χ0v) is 10.2. The third-order valence-corrected chi connectivity index (χ3v) is 2.84. The molecule has 3 nitrogen and oxygen atoms in total. The Morgan fingerprint density at radius 1 is 1.28 bits per heavy atom. The number of aromatic hydroxyl groups is 1. The predicted molar refractivity (Wildman–Crippen MR) is 76.0 cm³/mol. The fourth-order valence-electron chi connectivity index (χ4n) is 1.74. The van der Waals surface area contributed by atoms with E-state index in [9.17, 15) is 5.11 Å². The van der Waals surface area contributed by atoms with Crippen LogP contribution in [0.1, 0.15) is 5.56 Å². The molecule has 0 saturated heterocycles. The minimum Gasteiger partial charge on any atom is -0.507 e. The molecule has 0 heterocycles. The number of nitrogens with zero attached hydrogens (tertiary/aromatic N) is 1. The van der Waals surface area contributed by atoms with Gasteiger partial charge in [0.2, 0.25) is 0 Å². The molecule has 2 aromatic carbocycles. The number of phenols is 1. The van der Waals surface area contributed by atoms with E-state index in [1.54, 1.807) is 6.07 Å². The van der Waals surface area contributed by atoms with Gasteiger partial charge < -0.3 is 10.8 Å². The summed E-state index contributed by atoms with van der Waals surface area (Å²) in [4.78, 5) is 0.0184. The summed E-state index contributed by atoms with van der Waals surface area (Å²) in [6.07, 6.45) is 1.51. The van der Waals surface area contributed by atoms with E-state index in [0.29, 0.717) is 5.56 Å². The molecule has 0 amide bonds. The monoisotopic (exact) mass is 254 g/mol. The third-order valence-electron chi connectivity index (χ3n) is 2.62. The Hall–Kier alpha value is -2.38. The molecule has 0 fully saturated rings. The highest BCUT2D eigenvalue weighted by atomic mass is 32.1. The van der Waals surface area contributed by atoms with Crippen LogP contribution in [0.5, 0.6) is 5.75 Å². The van der Waals surface area contributed by atoms with Crippen LogP contribution in [0, 0.1) is 11.3 Å². The van der Waals surface area contributed by atoms with Gasteiger partial charge in [0, 0.05) is 5.56 Å². The molecule has 0 unspecified atom stereocenters. The number of fused-ring (bicyclic) bond motifs is 1. The van der Waals surface area contributed by atoms with Crippen LogP contribution in [-0.4, -0.2) is 10.1 Å². The summed E-state index contributed by atoms with van der Waals surface area (Å²) in [5.41, 5.74) is 6.18. The Labute approximate surface area is 110 Å². The fraction of sp³-hybridized carbons (Fsp3) is 0. The lowest BCUT2D eigenvalue weighted by atomic mass is 10.0. The van der Waals surface area contributed by atoms with E-state index in [0.717, 1.165) is 10.8 Å². The zero-order chi connectivity index (χ0) is 13.1. The number of benzene rings is 2. The van der Waals surface area contributed by atoms with E-state index in [4.69, 9.17) is 23.2 Å². The van der Waals surface area contributed by atoms with Gasteiger partial charge in [-0.15, -0.1) is 0 Å². The van der Waals surface area contributed by atoms with Crippen molar-refractivity contribution in [2.45, 2.75) is 0 Å². The van der Waals surface area contributed by atoms with Gasteiger partial charge in [0.05, 0.1) is 5.57 Å². The van der Waals surface area contributed by atoms with Crippen LogP contribution in [0.4, 0.5) is 0 Å². The van der Waals surface area contributed by atoms with Crippen LogP contribution in [0.15, 0.2) is 42.0 Å². The molecule has 0 aliphatic rings. The molecule has 0 aromatic heterocycles. The number of nitriles is 1. The maximum Gasteiger partial charge on any atom is 0.123 e. The van der Waals surface area contributed by atoms with Crippen LogP contribution in [0.2, 0.25) is 0 Å². The van der Waals surface area contributed by atoms with Crippen molar-refractivity contribution < 1.29 is 5.11 Å². The van der Waals surface area contributed by atoms with Crippen molar-refractivity contribution >= 4 is 34.1 Å². The SMILES string of the molecule is N#C/C(=C/c1c(O)ccc2ccccc12)C(N)=S. The van der Waals surface area contributed by atoms with Crippen molar-refractivity contribution in [2.75, 3.05) is 0 Å². The average Bonchev–Trinajstić information content (AvgIpc) is 2.37. The first-order valence-corrected chi connectivity index (χ1v) is 5.66. The predicted octanol–water partition coefficient (Wildman–Crippen LogP) is 2.74. The quantitative estimate of drug-likeness (QED) is 0.491. The summed E-state index contributed by atoms with van der Waals surface area (Å²) in [6, 6.07) is 12.9. The Morgan fingerprint density at radius 2 is 2.00 bits per heavy atom.